The number of hydrogen-bond donors (Lipinski definition) is 7. The van der Waals surface area contributed by atoms with Crippen LogP contribution >= 0.6 is 12.6 Å². The highest BCUT2D eigenvalue weighted by Gasteiger charge is 2.31. The highest BCUT2D eigenvalue weighted by molar-refractivity contribution is 7.80. The molecule has 3 amide bonds. The van der Waals surface area contributed by atoms with Crippen molar-refractivity contribution in [1.82, 2.24) is 16.0 Å². The van der Waals surface area contributed by atoms with Gasteiger partial charge >= 0.3 is 11.9 Å². The Balaban J connectivity index is 5.30. The molecular weight excluding hydrogens is 428 g/mol. The second-order valence-electron chi connectivity index (χ2n) is 7.85. The summed E-state index contributed by atoms with van der Waals surface area (Å²) in [6.07, 6.45) is 0.132. The van der Waals surface area contributed by atoms with Crippen LogP contribution in [0.4, 0.5) is 0 Å². The van der Waals surface area contributed by atoms with Gasteiger partial charge in [0.2, 0.25) is 17.7 Å². The van der Waals surface area contributed by atoms with E-state index in [1.807, 2.05) is 13.8 Å². The Kier molecular flexibility index (Phi) is 12.8. The first kappa shape index (κ1) is 28.7. The van der Waals surface area contributed by atoms with Crippen LogP contribution in [0.15, 0.2) is 0 Å². The predicted octanol–water partition coefficient (Wildman–Crippen LogP) is -0.651. The number of rotatable bonds is 14. The number of nitrogens with one attached hydrogen (secondary N) is 3. The Labute approximate surface area is 187 Å². The number of carboxylic acids is 2. The van der Waals surface area contributed by atoms with Crippen LogP contribution in [0, 0.1) is 11.8 Å². The summed E-state index contributed by atoms with van der Waals surface area (Å²) in [5.74, 6) is -5.11. The maximum atomic E-state index is 12.7. The molecule has 0 rings (SSSR count). The van der Waals surface area contributed by atoms with E-state index in [4.69, 9.17) is 10.8 Å². The Morgan fingerprint density at radius 1 is 0.903 bits per heavy atom. The second-order valence-corrected chi connectivity index (χ2v) is 8.21. The maximum absolute atomic E-state index is 12.7. The summed E-state index contributed by atoms with van der Waals surface area (Å²) in [5.41, 5.74) is 5.54. The monoisotopic (exact) mass is 462 g/mol. The highest BCUT2D eigenvalue weighted by Crippen LogP contribution is 2.09. The van der Waals surface area contributed by atoms with Gasteiger partial charge in [0.25, 0.3) is 0 Å². The topological polar surface area (TPSA) is 188 Å². The van der Waals surface area contributed by atoms with Crippen LogP contribution in [0.1, 0.15) is 47.0 Å². The molecule has 0 aliphatic heterocycles. The average molecular weight is 463 g/mol. The van der Waals surface area contributed by atoms with Crippen molar-refractivity contribution < 1.29 is 34.2 Å². The van der Waals surface area contributed by atoms with Crippen molar-refractivity contribution in [2.24, 2.45) is 17.6 Å². The van der Waals surface area contributed by atoms with E-state index in [9.17, 15) is 29.1 Å². The summed E-state index contributed by atoms with van der Waals surface area (Å²) in [7, 11) is 0. The van der Waals surface area contributed by atoms with Gasteiger partial charge in [0.05, 0.1) is 12.5 Å². The Morgan fingerprint density at radius 3 is 1.84 bits per heavy atom. The van der Waals surface area contributed by atoms with Gasteiger partial charge in [0.15, 0.2) is 0 Å². The number of thiol groups is 1. The lowest BCUT2D eigenvalue weighted by molar-refractivity contribution is -0.143. The van der Waals surface area contributed by atoms with E-state index < -0.39 is 60.2 Å². The van der Waals surface area contributed by atoms with Gasteiger partial charge in [0, 0.05) is 5.75 Å². The molecule has 0 bridgehead atoms. The van der Waals surface area contributed by atoms with Crippen molar-refractivity contribution in [2.45, 2.75) is 71.1 Å². The van der Waals surface area contributed by atoms with E-state index in [1.165, 1.54) is 0 Å². The van der Waals surface area contributed by atoms with Crippen molar-refractivity contribution in [2.75, 3.05) is 5.75 Å². The van der Waals surface area contributed by atoms with Gasteiger partial charge in [-0.1, -0.05) is 34.1 Å². The third-order valence-corrected chi connectivity index (χ3v) is 5.03. The average Bonchev–Trinajstić information content (AvgIpc) is 2.67. The van der Waals surface area contributed by atoms with E-state index >= 15 is 0 Å². The van der Waals surface area contributed by atoms with Crippen LogP contribution in [0.5, 0.6) is 0 Å². The van der Waals surface area contributed by atoms with E-state index in [0.29, 0.717) is 6.42 Å². The number of carboxylic acid groups (broad SMARTS) is 2. The summed E-state index contributed by atoms with van der Waals surface area (Å²) in [6.45, 7) is 7.10. The molecule has 0 aromatic rings. The Morgan fingerprint density at radius 2 is 1.42 bits per heavy atom. The molecule has 0 saturated heterocycles. The van der Waals surface area contributed by atoms with E-state index in [-0.39, 0.29) is 24.0 Å². The van der Waals surface area contributed by atoms with Gasteiger partial charge in [-0.2, -0.15) is 12.6 Å². The van der Waals surface area contributed by atoms with E-state index in [2.05, 4.69) is 28.6 Å². The smallest absolute Gasteiger partial charge is 0.326 e. The maximum Gasteiger partial charge on any atom is 0.326 e. The van der Waals surface area contributed by atoms with Crippen molar-refractivity contribution in [3.05, 3.63) is 0 Å². The van der Waals surface area contributed by atoms with E-state index in [0.717, 1.165) is 0 Å². The molecule has 0 spiro atoms. The van der Waals surface area contributed by atoms with E-state index in [1.54, 1.807) is 13.8 Å². The summed E-state index contributed by atoms with van der Waals surface area (Å²) in [5, 5.41) is 25.4. The summed E-state index contributed by atoms with van der Waals surface area (Å²) < 4.78 is 0. The lowest BCUT2D eigenvalue weighted by atomic mass is 9.99. The van der Waals surface area contributed by atoms with Crippen LogP contribution in [0.2, 0.25) is 0 Å². The fourth-order valence-corrected chi connectivity index (χ4v) is 2.92. The van der Waals surface area contributed by atoms with Crippen LogP contribution in [0.3, 0.4) is 0 Å². The largest absolute Gasteiger partial charge is 0.481 e. The minimum absolute atomic E-state index is 0.0168. The van der Waals surface area contributed by atoms with Gasteiger partial charge in [-0.3, -0.25) is 19.2 Å². The highest BCUT2D eigenvalue weighted by atomic mass is 32.1. The fraction of sp³-hybridized carbons (Fsp3) is 0.737. The summed E-state index contributed by atoms with van der Waals surface area (Å²) in [4.78, 5) is 59.6. The molecule has 0 aromatic heterocycles. The number of aliphatic carboxylic acids is 2. The SMILES string of the molecule is CCC(C)C(NC(=O)C(CS)NC(=O)C(CC(C)C)NC(=O)C(N)CC(=O)O)C(=O)O. The van der Waals surface area contributed by atoms with Crippen LogP contribution < -0.4 is 21.7 Å². The van der Waals surface area contributed by atoms with Gasteiger partial charge in [-0.15, -0.1) is 0 Å². The van der Waals surface area contributed by atoms with Crippen molar-refractivity contribution in [3.63, 3.8) is 0 Å². The van der Waals surface area contributed by atoms with Crippen LogP contribution in [-0.4, -0.2) is 69.8 Å². The zero-order chi connectivity index (χ0) is 24.3. The van der Waals surface area contributed by atoms with Gasteiger partial charge in [-0.05, 0) is 18.3 Å². The molecule has 0 aliphatic carbocycles. The fourth-order valence-electron chi connectivity index (χ4n) is 2.67. The number of hydrogen-bond acceptors (Lipinski definition) is 7. The van der Waals surface area contributed by atoms with Crippen LogP contribution in [-0.2, 0) is 24.0 Å². The molecule has 7 N–H and O–H groups in total. The number of carbonyl (C=O) groups is 5. The van der Waals surface area contributed by atoms with Crippen LogP contribution in [0.25, 0.3) is 0 Å². The van der Waals surface area contributed by atoms with Crippen molar-refractivity contribution >= 4 is 42.3 Å². The first-order chi connectivity index (χ1) is 14.3. The molecule has 178 valence electrons. The second kappa shape index (κ2) is 13.9. The molecule has 5 atom stereocenters. The zero-order valence-electron chi connectivity index (χ0n) is 18.3. The predicted molar refractivity (Wildman–Crippen MR) is 116 cm³/mol. The standard InChI is InChI=1S/C19H34N4O7S/c1-5-10(4)15(19(29)30)23-18(28)13(8-31)22-17(27)12(6-9(2)3)21-16(26)11(20)7-14(24)25/h9-13,15,31H,5-8,20H2,1-4H3,(H,21,26)(H,22,27)(H,23,28)(H,24,25)(H,29,30). The minimum Gasteiger partial charge on any atom is -0.481 e. The summed E-state index contributed by atoms with van der Waals surface area (Å²) >= 11 is 4.06. The lowest BCUT2D eigenvalue weighted by Crippen LogP contribution is -2.58. The number of nitrogens with two attached hydrogens (primary N) is 1. The molecule has 11 nitrogen and oxygen atoms in total. The molecule has 0 aliphatic rings. The third kappa shape index (κ3) is 10.5. The molecule has 0 radical (unpaired) electrons. The van der Waals surface area contributed by atoms with Gasteiger partial charge < -0.3 is 31.9 Å². The Hall–Kier alpha value is -2.34. The number of carbonyl (C=O) groups excluding carboxylic acids is 3. The van der Waals surface area contributed by atoms with Gasteiger partial charge in [0.1, 0.15) is 18.1 Å². The zero-order valence-corrected chi connectivity index (χ0v) is 19.1. The molecular formula is C19H34N4O7S. The Bertz CT molecular complexity index is 659. The van der Waals surface area contributed by atoms with Crippen molar-refractivity contribution in [3.8, 4) is 0 Å². The summed E-state index contributed by atoms with van der Waals surface area (Å²) in [6, 6.07) is -4.67. The molecule has 5 unspecified atom stereocenters. The van der Waals surface area contributed by atoms with Gasteiger partial charge in [-0.25, -0.2) is 4.79 Å². The minimum atomic E-state index is -1.34. The third-order valence-electron chi connectivity index (χ3n) is 4.66. The molecule has 0 heterocycles. The molecule has 0 aromatic carbocycles. The molecule has 31 heavy (non-hydrogen) atoms. The first-order valence-electron chi connectivity index (χ1n) is 10.1. The number of amides is 3. The quantitative estimate of drug-likeness (QED) is 0.166. The molecule has 12 heteroatoms. The first-order valence-corrected chi connectivity index (χ1v) is 10.7. The lowest BCUT2D eigenvalue weighted by Gasteiger charge is -2.26. The normalized spacial score (nSPS) is 15.8. The molecule has 0 saturated carbocycles. The molecule has 0 fully saturated rings. The van der Waals surface area contributed by atoms with Crippen molar-refractivity contribution in [1.29, 1.82) is 0 Å².